The summed E-state index contributed by atoms with van der Waals surface area (Å²) >= 11 is 0. The molecule has 1 fully saturated rings. The van der Waals surface area contributed by atoms with Crippen LogP contribution < -0.4 is 11.1 Å². The monoisotopic (exact) mass is 268 g/mol. The maximum absolute atomic E-state index is 12.0. The van der Waals surface area contributed by atoms with E-state index in [2.05, 4.69) is 5.32 Å². The number of amides is 1. The van der Waals surface area contributed by atoms with E-state index in [-0.39, 0.29) is 16.3 Å². The molecule has 18 heavy (non-hydrogen) atoms. The number of benzene rings is 1. The van der Waals surface area contributed by atoms with E-state index in [1.165, 1.54) is 12.1 Å². The standard InChI is InChI=1S/C12H16N2O3S/c1-18(16,17)10-4-2-3-9(7-10)11(15)14-12(8-13)5-6-12/h2-4,7H,5-6,8,13H2,1H3,(H,14,15). The molecule has 6 heteroatoms. The first kappa shape index (κ1) is 13.0. The van der Waals surface area contributed by atoms with Crippen molar-refractivity contribution in [1.29, 1.82) is 0 Å². The maximum Gasteiger partial charge on any atom is 0.251 e. The molecule has 0 atom stereocenters. The zero-order valence-electron chi connectivity index (χ0n) is 10.1. The van der Waals surface area contributed by atoms with Crippen LogP contribution in [0.25, 0.3) is 0 Å². The second kappa shape index (κ2) is 4.37. The van der Waals surface area contributed by atoms with E-state index in [0.717, 1.165) is 19.1 Å². The van der Waals surface area contributed by atoms with Gasteiger partial charge in [0.1, 0.15) is 0 Å². The molecule has 5 nitrogen and oxygen atoms in total. The normalized spacial score (nSPS) is 17.2. The summed E-state index contributed by atoms with van der Waals surface area (Å²) < 4.78 is 22.8. The molecule has 1 aromatic rings. The lowest BCUT2D eigenvalue weighted by Gasteiger charge is -2.15. The molecule has 1 aliphatic carbocycles. The molecule has 2 rings (SSSR count). The summed E-state index contributed by atoms with van der Waals surface area (Å²) in [4.78, 5) is 12.1. The van der Waals surface area contributed by atoms with Gasteiger partial charge in [0.15, 0.2) is 9.84 Å². The molecule has 1 aromatic carbocycles. The predicted molar refractivity (Wildman–Crippen MR) is 68.0 cm³/mol. The Balaban J connectivity index is 2.21. The van der Waals surface area contributed by atoms with Crippen LogP contribution in [0.2, 0.25) is 0 Å². The second-order valence-corrected chi connectivity index (χ2v) is 6.75. The third-order valence-electron chi connectivity index (χ3n) is 3.15. The molecule has 3 N–H and O–H groups in total. The van der Waals surface area contributed by atoms with E-state index in [9.17, 15) is 13.2 Å². The lowest BCUT2D eigenvalue weighted by atomic mass is 10.2. The van der Waals surface area contributed by atoms with Crippen molar-refractivity contribution in [3.05, 3.63) is 29.8 Å². The number of nitrogens with one attached hydrogen (secondary N) is 1. The van der Waals surface area contributed by atoms with Gasteiger partial charge in [-0.05, 0) is 31.0 Å². The first-order valence-corrected chi connectivity index (χ1v) is 7.58. The molecule has 0 spiro atoms. The molecule has 0 unspecified atom stereocenters. The lowest BCUT2D eigenvalue weighted by Crippen LogP contribution is -2.42. The highest BCUT2D eigenvalue weighted by atomic mass is 32.2. The van der Waals surface area contributed by atoms with E-state index in [1.54, 1.807) is 12.1 Å². The van der Waals surface area contributed by atoms with Crippen molar-refractivity contribution in [3.8, 4) is 0 Å². The van der Waals surface area contributed by atoms with Crippen LogP contribution in [0.1, 0.15) is 23.2 Å². The molecule has 0 aromatic heterocycles. The second-order valence-electron chi connectivity index (χ2n) is 4.74. The molecule has 0 radical (unpaired) electrons. The minimum atomic E-state index is -3.30. The Kier molecular flexibility index (Phi) is 3.16. The third kappa shape index (κ3) is 2.70. The minimum absolute atomic E-state index is 0.146. The Morgan fingerprint density at radius 1 is 1.44 bits per heavy atom. The molecular weight excluding hydrogens is 252 g/mol. The molecule has 0 heterocycles. The van der Waals surface area contributed by atoms with Crippen molar-refractivity contribution in [1.82, 2.24) is 5.32 Å². The van der Waals surface area contributed by atoms with Gasteiger partial charge in [0.05, 0.1) is 10.4 Å². The van der Waals surface area contributed by atoms with Gasteiger partial charge in [-0.1, -0.05) is 6.07 Å². The predicted octanol–water partition coefficient (Wildman–Crippen LogP) is 0.311. The van der Waals surface area contributed by atoms with Crippen molar-refractivity contribution in [2.45, 2.75) is 23.3 Å². The van der Waals surface area contributed by atoms with Gasteiger partial charge in [-0.25, -0.2) is 8.42 Å². The molecule has 1 saturated carbocycles. The SMILES string of the molecule is CS(=O)(=O)c1cccc(C(=O)NC2(CN)CC2)c1. The zero-order chi connectivity index (χ0) is 13.4. The first-order valence-electron chi connectivity index (χ1n) is 5.69. The van der Waals surface area contributed by atoms with Crippen LogP contribution in [-0.4, -0.2) is 32.7 Å². The number of carbonyl (C=O) groups is 1. The number of hydrogen-bond acceptors (Lipinski definition) is 4. The molecule has 0 saturated heterocycles. The summed E-state index contributed by atoms with van der Waals surface area (Å²) in [6, 6.07) is 6.02. The van der Waals surface area contributed by atoms with Crippen LogP contribution >= 0.6 is 0 Å². The number of hydrogen-bond donors (Lipinski definition) is 2. The van der Waals surface area contributed by atoms with Gasteiger partial charge in [-0.3, -0.25) is 4.79 Å². The molecule has 1 aliphatic rings. The first-order chi connectivity index (χ1) is 8.36. The smallest absolute Gasteiger partial charge is 0.251 e. The largest absolute Gasteiger partial charge is 0.345 e. The fraction of sp³-hybridized carbons (Fsp3) is 0.417. The van der Waals surface area contributed by atoms with Gasteiger partial charge in [0.2, 0.25) is 0 Å². The summed E-state index contributed by atoms with van der Waals surface area (Å²) in [5, 5.41) is 2.85. The fourth-order valence-electron chi connectivity index (χ4n) is 1.71. The Hall–Kier alpha value is -1.40. The van der Waals surface area contributed by atoms with Crippen molar-refractivity contribution in [2.75, 3.05) is 12.8 Å². The van der Waals surface area contributed by atoms with E-state index >= 15 is 0 Å². The van der Waals surface area contributed by atoms with Crippen molar-refractivity contribution < 1.29 is 13.2 Å². The topological polar surface area (TPSA) is 89.3 Å². The average molecular weight is 268 g/mol. The van der Waals surface area contributed by atoms with Gasteiger partial charge < -0.3 is 11.1 Å². The number of nitrogens with two attached hydrogens (primary N) is 1. The van der Waals surface area contributed by atoms with E-state index < -0.39 is 9.84 Å². The van der Waals surface area contributed by atoms with Crippen molar-refractivity contribution in [2.24, 2.45) is 5.73 Å². The number of carbonyl (C=O) groups excluding carboxylic acids is 1. The molecule has 98 valence electrons. The fourth-order valence-corrected chi connectivity index (χ4v) is 2.38. The summed E-state index contributed by atoms with van der Waals surface area (Å²) in [7, 11) is -3.30. The van der Waals surface area contributed by atoms with Gasteiger partial charge in [-0.15, -0.1) is 0 Å². The molecular formula is C12H16N2O3S. The van der Waals surface area contributed by atoms with Crippen molar-refractivity contribution >= 4 is 15.7 Å². The van der Waals surface area contributed by atoms with Gasteiger partial charge >= 0.3 is 0 Å². The van der Waals surface area contributed by atoms with Crippen LogP contribution in [0.5, 0.6) is 0 Å². The van der Waals surface area contributed by atoms with E-state index in [0.29, 0.717) is 12.1 Å². The van der Waals surface area contributed by atoms with Crippen LogP contribution in [0, 0.1) is 0 Å². The van der Waals surface area contributed by atoms with Crippen molar-refractivity contribution in [3.63, 3.8) is 0 Å². The summed E-state index contributed by atoms with van der Waals surface area (Å²) in [6.07, 6.45) is 2.87. The number of sulfone groups is 1. The van der Waals surface area contributed by atoms with Crippen LogP contribution in [-0.2, 0) is 9.84 Å². The van der Waals surface area contributed by atoms with Crippen LogP contribution in [0.4, 0.5) is 0 Å². The highest BCUT2D eigenvalue weighted by Crippen LogP contribution is 2.34. The third-order valence-corrected chi connectivity index (χ3v) is 4.26. The lowest BCUT2D eigenvalue weighted by molar-refractivity contribution is 0.0933. The highest BCUT2D eigenvalue weighted by molar-refractivity contribution is 7.90. The molecule has 1 amide bonds. The Labute approximate surface area is 106 Å². The Morgan fingerprint density at radius 3 is 2.61 bits per heavy atom. The Bertz CT molecular complexity index is 577. The molecule has 0 aliphatic heterocycles. The van der Waals surface area contributed by atoms with Crippen LogP contribution in [0.3, 0.4) is 0 Å². The maximum atomic E-state index is 12.0. The molecule has 0 bridgehead atoms. The highest BCUT2D eigenvalue weighted by Gasteiger charge is 2.42. The summed E-state index contributed by atoms with van der Waals surface area (Å²) in [6.45, 7) is 0.407. The van der Waals surface area contributed by atoms with Gasteiger partial charge in [0.25, 0.3) is 5.91 Å². The summed E-state index contributed by atoms with van der Waals surface area (Å²) in [5.74, 6) is -0.275. The number of rotatable bonds is 4. The van der Waals surface area contributed by atoms with E-state index in [4.69, 9.17) is 5.73 Å². The zero-order valence-corrected chi connectivity index (χ0v) is 11.0. The van der Waals surface area contributed by atoms with Gasteiger partial charge in [-0.2, -0.15) is 0 Å². The minimum Gasteiger partial charge on any atom is -0.345 e. The Morgan fingerprint density at radius 2 is 2.11 bits per heavy atom. The average Bonchev–Trinajstić information content (AvgIpc) is 3.08. The van der Waals surface area contributed by atoms with Crippen LogP contribution in [0.15, 0.2) is 29.2 Å². The van der Waals surface area contributed by atoms with E-state index in [1.807, 2.05) is 0 Å². The summed E-state index contributed by atoms with van der Waals surface area (Å²) in [5.41, 5.74) is 5.65. The quantitative estimate of drug-likeness (QED) is 0.822. The van der Waals surface area contributed by atoms with Gasteiger partial charge in [0, 0.05) is 18.4 Å².